The van der Waals surface area contributed by atoms with Crippen molar-refractivity contribution >= 4 is 29.0 Å². The van der Waals surface area contributed by atoms with Crippen LogP contribution in [0.2, 0.25) is 0 Å². The van der Waals surface area contributed by atoms with Crippen LogP contribution in [-0.2, 0) is 14.4 Å². The second kappa shape index (κ2) is 8.14. The lowest BCUT2D eigenvalue weighted by atomic mass is 10.0. The highest BCUT2D eigenvalue weighted by atomic mass is 16.2. The molecule has 0 saturated carbocycles. The van der Waals surface area contributed by atoms with Crippen molar-refractivity contribution in [2.24, 2.45) is 0 Å². The Balaban J connectivity index is 1.98. The van der Waals surface area contributed by atoms with E-state index >= 15 is 0 Å². The van der Waals surface area contributed by atoms with Crippen LogP contribution in [0.15, 0.2) is 30.0 Å². The average Bonchev–Trinajstić information content (AvgIpc) is 2.92. The van der Waals surface area contributed by atoms with Crippen molar-refractivity contribution in [2.45, 2.75) is 33.7 Å². The SMILES string of the molecule is CCN1CCN(C2=C(c3ccc(NC(C)=O)cc3)C(=O)N(C(C)C)C2=O)CC1. The first-order valence-corrected chi connectivity index (χ1v) is 9.81. The Morgan fingerprint density at radius 3 is 2.14 bits per heavy atom. The molecule has 1 aromatic rings. The van der Waals surface area contributed by atoms with Gasteiger partial charge in [-0.05, 0) is 38.1 Å². The molecule has 0 aromatic heterocycles. The van der Waals surface area contributed by atoms with Gasteiger partial charge in [-0.2, -0.15) is 0 Å². The van der Waals surface area contributed by atoms with E-state index in [1.807, 2.05) is 18.7 Å². The Morgan fingerprint density at radius 2 is 1.64 bits per heavy atom. The van der Waals surface area contributed by atoms with Crippen LogP contribution >= 0.6 is 0 Å². The van der Waals surface area contributed by atoms with Crippen LogP contribution in [0.4, 0.5) is 5.69 Å². The van der Waals surface area contributed by atoms with Gasteiger partial charge < -0.3 is 15.1 Å². The van der Waals surface area contributed by atoms with E-state index in [-0.39, 0.29) is 23.8 Å². The summed E-state index contributed by atoms with van der Waals surface area (Å²) >= 11 is 0. The molecule has 1 aromatic carbocycles. The zero-order valence-corrected chi connectivity index (χ0v) is 17.0. The van der Waals surface area contributed by atoms with E-state index in [0.717, 1.165) is 32.7 Å². The molecule has 7 heteroatoms. The third-order valence-corrected chi connectivity index (χ3v) is 5.24. The first-order valence-electron chi connectivity index (χ1n) is 9.81. The molecule has 0 unspecified atom stereocenters. The first kappa shape index (κ1) is 20.1. The van der Waals surface area contributed by atoms with E-state index in [9.17, 15) is 14.4 Å². The Kier molecular flexibility index (Phi) is 5.84. The number of amides is 3. The Labute approximate surface area is 166 Å². The topological polar surface area (TPSA) is 73.0 Å². The number of nitrogens with one attached hydrogen (secondary N) is 1. The quantitative estimate of drug-likeness (QED) is 0.784. The van der Waals surface area contributed by atoms with Crippen molar-refractivity contribution < 1.29 is 14.4 Å². The maximum Gasteiger partial charge on any atom is 0.278 e. The third-order valence-electron chi connectivity index (χ3n) is 5.24. The Hall–Kier alpha value is -2.67. The van der Waals surface area contributed by atoms with Crippen molar-refractivity contribution in [2.75, 3.05) is 38.0 Å². The predicted molar refractivity (Wildman–Crippen MR) is 108 cm³/mol. The summed E-state index contributed by atoms with van der Waals surface area (Å²) in [5, 5.41) is 2.72. The molecule has 150 valence electrons. The van der Waals surface area contributed by atoms with Gasteiger partial charge in [-0.15, -0.1) is 0 Å². The Morgan fingerprint density at radius 1 is 1.04 bits per heavy atom. The predicted octanol–water partition coefficient (Wildman–Crippen LogP) is 1.77. The maximum absolute atomic E-state index is 13.1. The standard InChI is InChI=1S/C21H28N4O3/c1-5-23-10-12-24(13-11-23)19-18(20(27)25(14(2)3)21(19)28)16-6-8-17(9-7-16)22-15(4)26/h6-9,14H,5,10-13H2,1-4H3,(H,22,26). The van der Waals surface area contributed by atoms with Gasteiger partial charge in [0.1, 0.15) is 5.70 Å². The molecular weight excluding hydrogens is 356 g/mol. The molecule has 0 atom stereocenters. The number of nitrogens with zero attached hydrogens (tertiary/aromatic N) is 3. The number of benzene rings is 1. The smallest absolute Gasteiger partial charge is 0.278 e. The van der Waals surface area contributed by atoms with Crippen LogP contribution in [0.25, 0.3) is 5.57 Å². The van der Waals surface area contributed by atoms with Crippen molar-refractivity contribution in [1.82, 2.24) is 14.7 Å². The maximum atomic E-state index is 13.1. The number of hydrogen-bond donors (Lipinski definition) is 1. The zero-order chi connectivity index (χ0) is 20.4. The summed E-state index contributed by atoms with van der Waals surface area (Å²) in [4.78, 5) is 43.2. The van der Waals surface area contributed by atoms with E-state index < -0.39 is 0 Å². The van der Waals surface area contributed by atoms with Gasteiger partial charge in [0.15, 0.2) is 0 Å². The minimum atomic E-state index is -0.250. The fourth-order valence-electron chi connectivity index (χ4n) is 3.77. The van der Waals surface area contributed by atoms with E-state index in [1.54, 1.807) is 24.3 Å². The number of imide groups is 1. The molecule has 3 rings (SSSR count). The molecule has 0 bridgehead atoms. The minimum Gasteiger partial charge on any atom is -0.364 e. The third kappa shape index (κ3) is 3.80. The van der Waals surface area contributed by atoms with Crippen LogP contribution in [-0.4, -0.2) is 71.2 Å². The summed E-state index contributed by atoms with van der Waals surface area (Å²) in [6.07, 6.45) is 0. The molecule has 3 amide bonds. The fourth-order valence-corrected chi connectivity index (χ4v) is 3.77. The highest BCUT2D eigenvalue weighted by Gasteiger charge is 2.43. The number of anilines is 1. The molecule has 28 heavy (non-hydrogen) atoms. The van der Waals surface area contributed by atoms with Crippen LogP contribution in [0.5, 0.6) is 0 Å². The van der Waals surface area contributed by atoms with Crippen LogP contribution in [0.3, 0.4) is 0 Å². The average molecular weight is 384 g/mol. The molecule has 1 N–H and O–H groups in total. The molecule has 1 saturated heterocycles. The van der Waals surface area contributed by atoms with Crippen LogP contribution in [0.1, 0.15) is 33.3 Å². The van der Waals surface area contributed by atoms with E-state index in [0.29, 0.717) is 22.5 Å². The van der Waals surface area contributed by atoms with Gasteiger partial charge in [0, 0.05) is 44.8 Å². The number of carbonyl (C=O) groups is 3. The fraction of sp³-hybridized carbons (Fsp3) is 0.476. The summed E-state index contributed by atoms with van der Waals surface area (Å²) in [6.45, 7) is 11.5. The lowest BCUT2D eigenvalue weighted by Gasteiger charge is -2.36. The van der Waals surface area contributed by atoms with Crippen molar-refractivity contribution in [1.29, 1.82) is 0 Å². The lowest BCUT2D eigenvalue weighted by molar-refractivity contribution is -0.139. The Bertz CT molecular complexity index is 805. The molecule has 2 aliphatic heterocycles. The molecule has 1 fully saturated rings. The number of hydrogen-bond acceptors (Lipinski definition) is 5. The number of rotatable bonds is 5. The summed E-state index contributed by atoms with van der Waals surface area (Å²) in [6, 6.07) is 6.89. The largest absolute Gasteiger partial charge is 0.364 e. The van der Waals surface area contributed by atoms with Gasteiger partial charge in [-0.25, -0.2) is 0 Å². The second-order valence-corrected chi connectivity index (χ2v) is 7.48. The van der Waals surface area contributed by atoms with Crippen LogP contribution in [0, 0.1) is 0 Å². The lowest BCUT2D eigenvalue weighted by Crippen LogP contribution is -2.47. The van der Waals surface area contributed by atoms with Gasteiger partial charge in [0.25, 0.3) is 11.8 Å². The van der Waals surface area contributed by atoms with Crippen molar-refractivity contribution in [3.63, 3.8) is 0 Å². The first-order chi connectivity index (χ1) is 13.3. The summed E-state index contributed by atoms with van der Waals surface area (Å²) in [5.74, 6) is -0.620. The normalized spacial score (nSPS) is 18.5. The van der Waals surface area contributed by atoms with Gasteiger partial charge in [0.05, 0.1) is 5.57 Å². The van der Waals surface area contributed by atoms with E-state index in [4.69, 9.17) is 0 Å². The number of carbonyl (C=O) groups excluding carboxylic acids is 3. The van der Waals surface area contributed by atoms with E-state index in [1.165, 1.54) is 11.8 Å². The highest BCUT2D eigenvalue weighted by Crippen LogP contribution is 2.33. The molecule has 0 spiro atoms. The highest BCUT2D eigenvalue weighted by molar-refractivity contribution is 6.35. The number of likely N-dealkylation sites (N-methyl/N-ethyl adjacent to an activating group) is 1. The second-order valence-electron chi connectivity index (χ2n) is 7.48. The van der Waals surface area contributed by atoms with Crippen molar-refractivity contribution in [3.8, 4) is 0 Å². The van der Waals surface area contributed by atoms with Gasteiger partial charge in [-0.1, -0.05) is 19.1 Å². The number of piperazine rings is 1. The van der Waals surface area contributed by atoms with Gasteiger partial charge in [-0.3, -0.25) is 19.3 Å². The van der Waals surface area contributed by atoms with Gasteiger partial charge in [0.2, 0.25) is 5.91 Å². The van der Waals surface area contributed by atoms with E-state index in [2.05, 4.69) is 17.1 Å². The monoisotopic (exact) mass is 384 g/mol. The minimum absolute atomic E-state index is 0.153. The zero-order valence-electron chi connectivity index (χ0n) is 17.0. The van der Waals surface area contributed by atoms with Crippen LogP contribution < -0.4 is 5.32 Å². The summed E-state index contributed by atoms with van der Waals surface area (Å²) in [7, 11) is 0. The molecule has 7 nitrogen and oxygen atoms in total. The molecule has 0 aliphatic carbocycles. The summed E-state index contributed by atoms with van der Waals surface area (Å²) < 4.78 is 0. The van der Waals surface area contributed by atoms with Crippen molar-refractivity contribution in [3.05, 3.63) is 35.5 Å². The molecule has 2 heterocycles. The summed E-state index contributed by atoms with van der Waals surface area (Å²) in [5.41, 5.74) is 2.32. The molecular formula is C21H28N4O3. The molecule has 0 radical (unpaired) electrons. The molecule has 2 aliphatic rings. The van der Waals surface area contributed by atoms with Gasteiger partial charge >= 0.3 is 0 Å².